The van der Waals surface area contributed by atoms with Gasteiger partial charge < -0.3 is 4.74 Å². The molecule has 0 saturated carbocycles. The minimum Gasteiger partial charge on any atom is -0.462 e. The topological polar surface area (TPSA) is 26.3 Å². The normalized spacial score (nSPS) is 10.6. The maximum absolute atomic E-state index is 11.7. The highest BCUT2D eigenvalue weighted by Crippen LogP contribution is 2.01. The van der Waals surface area contributed by atoms with Gasteiger partial charge in [-0.3, -0.25) is 0 Å². The molecule has 0 aliphatic rings. The summed E-state index contributed by atoms with van der Waals surface area (Å²) in [4.78, 5) is 11.7. The van der Waals surface area contributed by atoms with Crippen LogP contribution in [0.3, 0.4) is 0 Å². The van der Waals surface area contributed by atoms with Crippen LogP contribution in [-0.2, 0) is 4.74 Å². The van der Waals surface area contributed by atoms with Gasteiger partial charge in [0.05, 0.1) is 12.2 Å². The molecule has 0 radical (unpaired) electrons. The van der Waals surface area contributed by atoms with Gasteiger partial charge in [-0.15, -0.1) is 0 Å². The SMILES string of the molecule is O=C(OCC/C=C/[I+]c1ccccc1)c1ccccc1. The number of benzene rings is 2. The van der Waals surface area contributed by atoms with Crippen molar-refractivity contribution in [3.05, 3.63) is 80.0 Å². The minimum atomic E-state index is -0.253. The van der Waals surface area contributed by atoms with E-state index in [2.05, 4.69) is 34.4 Å². The molecule has 2 rings (SSSR count). The van der Waals surface area contributed by atoms with Crippen molar-refractivity contribution in [2.45, 2.75) is 6.42 Å². The Labute approximate surface area is 129 Å². The van der Waals surface area contributed by atoms with Gasteiger partial charge in [0.1, 0.15) is 0 Å². The molecule has 2 nitrogen and oxygen atoms in total. The molecule has 0 unspecified atom stereocenters. The van der Waals surface area contributed by atoms with Crippen LogP contribution >= 0.6 is 0 Å². The molecule has 0 saturated heterocycles. The lowest BCUT2D eigenvalue weighted by Gasteiger charge is -2.01. The molecule has 0 fully saturated rings. The van der Waals surface area contributed by atoms with Gasteiger partial charge in [-0.1, -0.05) is 36.4 Å². The van der Waals surface area contributed by atoms with E-state index in [1.54, 1.807) is 12.1 Å². The summed E-state index contributed by atoms with van der Waals surface area (Å²) in [5, 5.41) is 0. The average Bonchev–Trinajstić information content (AvgIpc) is 2.52. The summed E-state index contributed by atoms with van der Waals surface area (Å²) in [5.41, 5.74) is 0.605. The number of carbonyl (C=O) groups excluding carboxylic acids is 1. The highest BCUT2D eigenvalue weighted by Gasteiger charge is 2.06. The van der Waals surface area contributed by atoms with Crippen LogP contribution in [0.4, 0.5) is 0 Å². The van der Waals surface area contributed by atoms with E-state index in [9.17, 15) is 4.79 Å². The van der Waals surface area contributed by atoms with Gasteiger partial charge in [0.15, 0.2) is 7.65 Å². The summed E-state index contributed by atoms with van der Waals surface area (Å²) in [6, 6.07) is 19.5. The maximum Gasteiger partial charge on any atom is 0.349 e. The van der Waals surface area contributed by atoms with Gasteiger partial charge in [-0.05, 0) is 30.3 Å². The Morgan fingerprint density at radius 3 is 2.35 bits per heavy atom. The standard InChI is InChI=1S/C17H16IO2/c19-17(15-9-3-1-4-10-15)20-14-8-7-13-18-16-11-5-2-6-12-16/h1-7,9-13H,8,14H2/q+1/b13-7+. The highest BCUT2D eigenvalue weighted by molar-refractivity contribution is 5.89. The molecule has 0 amide bonds. The van der Waals surface area contributed by atoms with Crippen LogP contribution in [0, 0.1) is 3.57 Å². The van der Waals surface area contributed by atoms with E-state index in [0.29, 0.717) is 12.2 Å². The summed E-state index contributed by atoms with van der Waals surface area (Å²) >= 11 is -0.0724. The van der Waals surface area contributed by atoms with Crippen molar-refractivity contribution in [3.8, 4) is 0 Å². The van der Waals surface area contributed by atoms with Gasteiger partial charge in [0.2, 0.25) is 0 Å². The zero-order valence-electron chi connectivity index (χ0n) is 11.0. The summed E-state index contributed by atoms with van der Waals surface area (Å²) in [6.45, 7) is 0.433. The Morgan fingerprint density at radius 1 is 1.00 bits per heavy atom. The second-order valence-electron chi connectivity index (χ2n) is 4.06. The summed E-state index contributed by atoms with van der Waals surface area (Å²) in [6.07, 6.45) is 2.86. The molecule has 0 atom stereocenters. The Morgan fingerprint density at radius 2 is 1.65 bits per heavy atom. The zero-order chi connectivity index (χ0) is 14.0. The van der Waals surface area contributed by atoms with Crippen LogP contribution < -0.4 is 21.2 Å². The third-order valence-electron chi connectivity index (χ3n) is 2.54. The van der Waals surface area contributed by atoms with Crippen LogP contribution in [0.1, 0.15) is 16.8 Å². The van der Waals surface area contributed by atoms with Crippen molar-refractivity contribution in [2.24, 2.45) is 0 Å². The van der Waals surface area contributed by atoms with Crippen LogP contribution in [0.15, 0.2) is 70.8 Å². The molecule has 0 N–H and O–H groups in total. The van der Waals surface area contributed by atoms with E-state index in [-0.39, 0.29) is 27.2 Å². The van der Waals surface area contributed by atoms with Crippen molar-refractivity contribution in [2.75, 3.05) is 6.61 Å². The first kappa shape index (κ1) is 14.8. The lowest BCUT2D eigenvalue weighted by Crippen LogP contribution is -3.59. The third-order valence-corrected chi connectivity index (χ3v) is 4.84. The summed E-state index contributed by atoms with van der Waals surface area (Å²) in [5.74, 6) is -0.253. The predicted molar refractivity (Wildman–Crippen MR) is 75.6 cm³/mol. The number of halogens is 1. The first-order valence-electron chi connectivity index (χ1n) is 6.42. The number of carbonyl (C=O) groups is 1. The average molecular weight is 379 g/mol. The first-order chi connectivity index (χ1) is 9.86. The van der Waals surface area contributed by atoms with Crippen molar-refractivity contribution in [1.29, 1.82) is 0 Å². The Balaban J connectivity index is 1.65. The van der Waals surface area contributed by atoms with E-state index in [1.165, 1.54) is 3.57 Å². The molecule has 0 aliphatic heterocycles. The van der Waals surface area contributed by atoms with E-state index in [4.69, 9.17) is 4.74 Å². The number of rotatable bonds is 6. The number of esters is 1. The molecule has 2 aromatic rings. The lowest BCUT2D eigenvalue weighted by atomic mass is 10.2. The van der Waals surface area contributed by atoms with Gasteiger partial charge in [-0.25, -0.2) is 4.79 Å². The highest BCUT2D eigenvalue weighted by atomic mass is 127. The monoisotopic (exact) mass is 379 g/mol. The molecule has 0 heterocycles. The third kappa shape index (κ3) is 5.17. The minimum absolute atomic E-state index is 0.0724. The Kier molecular flexibility index (Phi) is 6.31. The van der Waals surface area contributed by atoms with E-state index < -0.39 is 0 Å². The summed E-state index contributed by atoms with van der Waals surface area (Å²) < 4.78 is 8.81. The number of hydrogen-bond donors (Lipinski definition) is 0. The zero-order valence-corrected chi connectivity index (χ0v) is 13.2. The molecule has 2 aromatic carbocycles. The fourth-order valence-electron chi connectivity index (χ4n) is 1.54. The Hall–Kier alpha value is -1.62. The number of ether oxygens (including phenoxy) is 1. The van der Waals surface area contributed by atoms with E-state index in [1.807, 2.05) is 24.3 Å². The van der Waals surface area contributed by atoms with Crippen LogP contribution in [0.5, 0.6) is 0 Å². The van der Waals surface area contributed by atoms with Gasteiger partial charge in [0, 0.05) is 6.42 Å². The molecule has 0 spiro atoms. The number of hydrogen-bond acceptors (Lipinski definition) is 2. The fourth-order valence-corrected chi connectivity index (χ4v) is 3.40. The molecule has 0 aromatic heterocycles. The van der Waals surface area contributed by atoms with E-state index in [0.717, 1.165) is 6.42 Å². The molecule has 102 valence electrons. The lowest BCUT2D eigenvalue weighted by molar-refractivity contribution is -0.557. The molecule has 0 aliphatic carbocycles. The van der Waals surface area contributed by atoms with Crippen LogP contribution in [0.2, 0.25) is 0 Å². The molecule has 20 heavy (non-hydrogen) atoms. The molecular formula is C17H16IO2+. The second kappa shape index (κ2) is 8.53. The quantitative estimate of drug-likeness (QED) is 0.420. The molecular weight excluding hydrogens is 363 g/mol. The summed E-state index contributed by atoms with van der Waals surface area (Å²) in [7, 11) is 0. The van der Waals surface area contributed by atoms with Gasteiger partial charge in [0.25, 0.3) is 0 Å². The predicted octanol–water partition coefficient (Wildman–Crippen LogP) is 0.706. The smallest absolute Gasteiger partial charge is 0.349 e. The van der Waals surface area contributed by atoms with Crippen LogP contribution in [-0.4, -0.2) is 12.6 Å². The molecule has 0 bridgehead atoms. The van der Waals surface area contributed by atoms with Crippen molar-refractivity contribution >= 4 is 5.97 Å². The molecule has 3 heteroatoms. The largest absolute Gasteiger partial charge is 0.462 e. The second-order valence-corrected chi connectivity index (χ2v) is 6.64. The fraction of sp³-hybridized carbons (Fsp3) is 0.118. The van der Waals surface area contributed by atoms with Crippen molar-refractivity contribution in [1.82, 2.24) is 0 Å². The van der Waals surface area contributed by atoms with Crippen LogP contribution in [0.25, 0.3) is 0 Å². The maximum atomic E-state index is 11.7. The first-order valence-corrected chi connectivity index (χ1v) is 8.74. The van der Waals surface area contributed by atoms with Crippen molar-refractivity contribution < 1.29 is 30.7 Å². The van der Waals surface area contributed by atoms with Crippen molar-refractivity contribution in [3.63, 3.8) is 0 Å². The van der Waals surface area contributed by atoms with Gasteiger partial charge >= 0.3 is 27.2 Å². The van der Waals surface area contributed by atoms with E-state index >= 15 is 0 Å². The van der Waals surface area contributed by atoms with Gasteiger partial charge in [-0.2, -0.15) is 0 Å². The Bertz CT molecular complexity index is 550.